The monoisotopic (exact) mass is 401 g/mol. The van der Waals surface area contributed by atoms with Gasteiger partial charge in [0.15, 0.2) is 0 Å². The SMILES string of the molecule is O=C(NCc1cccnc1)C(Cc1ccccc1)NS(=O)(=O)c1cccs1. The number of nitrogens with zero attached hydrogens (tertiary/aromatic N) is 1. The van der Waals surface area contributed by atoms with E-state index in [0.29, 0.717) is 0 Å². The quantitative estimate of drug-likeness (QED) is 0.606. The molecule has 27 heavy (non-hydrogen) atoms. The van der Waals surface area contributed by atoms with Crippen molar-refractivity contribution in [3.05, 3.63) is 83.5 Å². The van der Waals surface area contributed by atoms with Gasteiger partial charge in [-0.05, 0) is 35.1 Å². The van der Waals surface area contributed by atoms with Crippen molar-refractivity contribution in [3.8, 4) is 0 Å². The lowest BCUT2D eigenvalue weighted by molar-refractivity contribution is -0.122. The van der Waals surface area contributed by atoms with Crippen LogP contribution in [0.4, 0.5) is 0 Å². The first kappa shape index (κ1) is 19.2. The molecule has 140 valence electrons. The molecule has 8 heteroatoms. The number of pyridine rings is 1. The predicted molar refractivity (Wildman–Crippen MR) is 105 cm³/mol. The van der Waals surface area contributed by atoms with Crippen molar-refractivity contribution in [2.45, 2.75) is 23.2 Å². The Morgan fingerprint density at radius 2 is 1.81 bits per heavy atom. The summed E-state index contributed by atoms with van der Waals surface area (Å²) in [5.41, 5.74) is 1.71. The Labute approximate surface area is 162 Å². The van der Waals surface area contributed by atoms with Crippen LogP contribution in [0.3, 0.4) is 0 Å². The zero-order chi connectivity index (χ0) is 19.1. The number of hydrogen-bond acceptors (Lipinski definition) is 5. The number of benzene rings is 1. The Balaban J connectivity index is 1.75. The smallest absolute Gasteiger partial charge is 0.250 e. The second kappa shape index (κ2) is 8.90. The van der Waals surface area contributed by atoms with Crippen molar-refractivity contribution in [1.82, 2.24) is 15.0 Å². The van der Waals surface area contributed by atoms with Crippen molar-refractivity contribution in [2.24, 2.45) is 0 Å². The molecule has 2 N–H and O–H groups in total. The molecule has 0 aliphatic heterocycles. The molecule has 0 aliphatic carbocycles. The van der Waals surface area contributed by atoms with E-state index in [2.05, 4.69) is 15.0 Å². The highest BCUT2D eigenvalue weighted by Crippen LogP contribution is 2.16. The first-order chi connectivity index (χ1) is 13.0. The van der Waals surface area contributed by atoms with E-state index in [0.717, 1.165) is 22.5 Å². The summed E-state index contributed by atoms with van der Waals surface area (Å²) < 4.78 is 27.9. The molecular formula is C19H19N3O3S2. The average molecular weight is 402 g/mol. The first-order valence-corrected chi connectivity index (χ1v) is 10.7. The van der Waals surface area contributed by atoms with Gasteiger partial charge in [-0.3, -0.25) is 9.78 Å². The lowest BCUT2D eigenvalue weighted by Crippen LogP contribution is -2.47. The summed E-state index contributed by atoms with van der Waals surface area (Å²) in [5.74, 6) is -0.386. The molecule has 1 atom stereocenters. The lowest BCUT2D eigenvalue weighted by Gasteiger charge is -2.18. The second-order valence-electron chi connectivity index (χ2n) is 5.87. The summed E-state index contributed by atoms with van der Waals surface area (Å²) in [6.45, 7) is 0.276. The summed E-state index contributed by atoms with van der Waals surface area (Å²) in [4.78, 5) is 16.7. The number of thiophene rings is 1. The Bertz CT molecular complexity index is 960. The normalized spacial score (nSPS) is 12.4. The van der Waals surface area contributed by atoms with Gasteiger partial charge in [0.1, 0.15) is 10.3 Å². The Morgan fingerprint density at radius 3 is 2.48 bits per heavy atom. The van der Waals surface area contributed by atoms with E-state index in [9.17, 15) is 13.2 Å². The van der Waals surface area contributed by atoms with Crippen molar-refractivity contribution in [2.75, 3.05) is 0 Å². The fourth-order valence-corrected chi connectivity index (χ4v) is 4.72. The number of nitrogens with one attached hydrogen (secondary N) is 2. The summed E-state index contributed by atoms with van der Waals surface area (Å²) >= 11 is 1.11. The third-order valence-corrected chi connectivity index (χ3v) is 6.72. The van der Waals surface area contributed by atoms with Gasteiger partial charge in [-0.15, -0.1) is 11.3 Å². The van der Waals surface area contributed by atoms with Crippen LogP contribution in [0.25, 0.3) is 0 Å². The molecule has 2 heterocycles. The molecule has 6 nitrogen and oxygen atoms in total. The van der Waals surface area contributed by atoms with Crippen LogP contribution in [0.15, 0.2) is 76.6 Å². The van der Waals surface area contributed by atoms with Gasteiger partial charge in [-0.1, -0.05) is 42.5 Å². The van der Waals surface area contributed by atoms with Crippen LogP contribution in [0.5, 0.6) is 0 Å². The maximum Gasteiger partial charge on any atom is 0.250 e. The fourth-order valence-electron chi connectivity index (χ4n) is 2.51. The van der Waals surface area contributed by atoms with Gasteiger partial charge in [0.05, 0.1) is 0 Å². The summed E-state index contributed by atoms with van der Waals surface area (Å²) in [6.07, 6.45) is 3.56. The number of carbonyl (C=O) groups excluding carboxylic acids is 1. The number of carbonyl (C=O) groups is 1. The topological polar surface area (TPSA) is 88.2 Å². The number of hydrogen-bond donors (Lipinski definition) is 2. The fraction of sp³-hybridized carbons (Fsp3) is 0.158. The molecule has 1 amide bonds. The molecule has 0 spiro atoms. The second-order valence-corrected chi connectivity index (χ2v) is 8.76. The highest BCUT2D eigenvalue weighted by molar-refractivity contribution is 7.91. The van der Waals surface area contributed by atoms with E-state index < -0.39 is 16.1 Å². The summed E-state index contributed by atoms with van der Waals surface area (Å²) in [5, 5.41) is 4.47. The Kier molecular flexibility index (Phi) is 6.33. The van der Waals surface area contributed by atoms with Crippen LogP contribution in [0, 0.1) is 0 Å². The minimum atomic E-state index is -3.77. The molecule has 0 radical (unpaired) electrons. The molecule has 0 saturated heterocycles. The Hall–Kier alpha value is -2.55. The summed E-state index contributed by atoms with van der Waals surface area (Å²) in [6, 6.07) is 15.2. The van der Waals surface area contributed by atoms with Crippen molar-refractivity contribution < 1.29 is 13.2 Å². The molecule has 1 aromatic carbocycles. The molecule has 0 bridgehead atoms. The highest BCUT2D eigenvalue weighted by Gasteiger charge is 2.26. The van der Waals surface area contributed by atoms with Crippen molar-refractivity contribution >= 4 is 27.3 Å². The lowest BCUT2D eigenvalue weighted by atomic mass is 10.1. The molecule has 1 unspecified atom stereocenters. The van der Waals surface area contributed by atoms with Crippen molar-refractivity contribution in [1.29, 1.82) is 0 Å². The largest absolute Gasteiger partial charge is 0.351 e. The molecule has 0 fully saturated rings. The predicted octanol–water partition coefficient (Wildman–Crippen LogP) is 2.35. The van der Waals surface area contributed by atoms with E-state index in [1.807, 2.05) is 36.4 Å². The van der Waals surface area contributed by atoms with Gasteiger partial charge in [0.25, 0.3) is 10.0 Å². The average Bonchev–Trinajstić information content (AvgIpc) is 3.23. The Morgan fingerprint density at radius 1 is 1.04 bits per heavy atom. The van der Waals surface area contributed by atoms with Gasteiger partial charge in [-0.2, -0.15) is 4.72 Å². The summed E-state index contributed by atoms with van der Waals surface area (Å²) in [7, 11) is -3.77. The third kappa shape index (κ3) is 5.46. The molecular weight excluding hydrogens is 382 g/mol. The van der Waals surface area contributed by atoms with Crippen LogP contribution in [0.1, 0.15) is 11.1 Å². The van der Waals surface area contributed by atoms with E-state index in [-0.39, 0.29) is 23.1 Å². The van der Waals surface area contributed by atoms with E-state index in [4.69, 9.17) is 0 Å². The van der Waals surface area contributed by atoms with Crippen LogP contribution in [0.2, 0.25) is 0 Å². The number of aromatic nitrogens is 1. The highest BCUT2D eigenvalue weighted by atomic mass is 32.2. The first-order valence-electron chi connectivity index (χ1n) is 8.31. The molecule has 0 aliphatic rings. The number of sulfonamides is 1. The van der Waals surface area contributed by atoms with E-state index >= 15 is 0 Å². The minimum absolute atomic E-state index is 0.181. The van der Waals surface area contributed by atoms with Gasteiger partial charge >= 0.3 is 0 Å². The third-order valence-electron chi connectivity index (χ3n) is 3.85. The van der Waals surface area contributed by atoms with Crippen LogP contribution in [-0.4, -0.2) is 25.4 Å². The minimum Gasteiger partial charge on any atom is -0.351 e. The van der Waals surface area contributed by atoms with Gasteiger partial charge in [0.2, 0.25) is 5.91 Å². The number of amides is 1. The van der Waals surface area contributed by atoms with Crippen LogP contribution < -0.4 is 10.0 Å². The van der Waals surface area contributed by atoms with Crippen LogP contribution >= 0.6 is 11.3 Å². The maximum absolute atomic E-state index is 12.7. The number of rotatable bonds is 8. The van der Waals surface area contributed by atoms with Crippen molar-refractivity contribution in [3.63, 3.8) is 0 Å². The van der Waals surface area contributed by atoms with E-state index in [1.165, 1.54) is 6.07 Å². The van der Waals surface area contributed by atoms with E-state index in [1.54, 1.807) is 29.9 Å². The van der Waals surface area contributed by atoms with Gasteiger partial charge in [0, 0.05) is 18.9 Å². The molecule has 0 saturated carbocycles. The maximum atomic E-state index is 12.7. The van der Waals surface area contributed by atoms with Gasteiger partial charge in [-0.25, -0.2) is 8.42 Å². The molecule has 3 aromatic rings. The zero-order valence-corrected chi connectivity index (χ0v) is 16.0. The molecule has 2 aromatic heterocycles. The van der Waals surface area contributed by atoms with Gasteiger partial charge < -0.3 is 5.32 Å². The van der Waals surface area contributed by atoms with Crippen LogP contribution in [-0.2, 0) is 27.8 Å². The molecule has 3 rings (SSSR count). The standard InChI is InChI=1S/C19H19N3O3S2/c23-19(21-14-16-8-4-10-20-13-16)17(12-15-6-2-1-3-7-15)22-27(24,25)18-9-5-11-26-18/h1-11,13,17,22H,12,14H2,(H,21,23). The zero-order valence-electron chi connectivity index (χ0n) is 14.4.